The number of hydrogen-bond acceptors (Lipinski definition) is 4. The molecule has 4 rings (SSSR count). The van der Waals surface area contributed by atoms with Crippen LogP contribution in [-0.2, 0) is 6.61 Å². The van der Waals surface area contributed by atoms with Crippen LogP contribution in [0.3, 0.4) is 0 Å². The lowest BCUT2D eigenvalue weighted by atomic mass is 10.0. The number of fused-ring (bicyclic) bond motifs is 1. The summed E-state index contributed by atoms with van der Waals surface area (Å²) in [6.45, 7) is 2.30. The number of aryl methyl sites for hydroxylation is 1. The molecule has 5 heteroatoms. The van der Waals surface area contributed by atoms with Crippen molar-refractivity contribution in [1.29, 1.82) is 0 Å². The molecule has 0 atom stereocenters. The van der Waals surface area contributed by atoms with Crippen LogP contribution in [0, 0.1) is 6.92 Å². The van der Waals surface area contributed by atoms with Crippen molar-refractivity contribution >= 4 is 23.6 Å². The summed E-state index contributed by atoms with van der Waals surface area (Å²) in [6, 6.07) is 15.8. The van der Waals surface area contributed by atoms with Crippen LogP contribution in [0.15, 0.2) is 62.8 Å². The van der Waals surface area contributed by atoms with Gasteiger partial charge in [0.1, 0.15) is 12.4 Å². The Bertz CT molecular complexity index is 1030. The number of nitrogens with zero attached hydrogens (tertiary/aromatic N) is 1. The average Bonchev–Trinajstić information content (AvgIpc) is 3.19. The smallest absolute Gasteiger partial charge is 0.364 e. The maximum atomic E-state index is 11.8. The van der Waals surface area contributed by atoms with E-state index in [4.69, 9.17) is 9.26 Å². The Hall–Kier alpha value is -3.34. The molecule has 2 heterocycles. The van der Waals surface area contributed by atoms with Crippen LogP contribution in [0.4, 0.5) is 5.69 Å². The minimum atomic E-state index is -0.386. The van der Waals surface area contributed by atoms with Gasteiger partial charge in [-0.25, -0.2) is 9.95 Å². The van der Waals surface area contributed by atoms with Crippen molar-refractivity contribution < 1.29 is 9.26 Å². The summed E-state index contributed by atoms with van der Waals surface area (Å²) >= 11 is 0. The Kier molecular flexibility index (Phi) is 3.82. The topological polar surface area (TPSA) is 67.6 Å². The number of ether oxygens (including phenoxy) is 1. The van der Waals surface area contributed by atoms with Crippen LogP contribution in [0.5, 0.6) is 5.75 Å². The molecule has 0 amide bonds. The van der Waals surface area contributed by atoms with Crippen molar-refractivity contribution in [3.8, 4) is 5.75 Å². The summed E-state index contributed by atoms with van der Waals surface area (Å²) in [5.41, 5.74) is 4.57. The van der Waals surface area contributed by atoms with Gasteiger partial charge in [-0.2, -0.15) is 0 Å². The molecule has 0 aliphatic carbocycles. The molecule has 0 saturated heterocycles. The zero-order valence-electron chi connectivity index (χ0n) is 13.7. The fourth-order valence-corrected chi connectivity index (χ4v) is 2.72. The lowest BCUT2D eigenvalue weighted by Gasteiger charge is -2.08. The Morgan fingerprint density at radius 3 is 2.80 bits per heavy atom. The summed E-state index contributed by atoms with van der Waals surface area (Å²) in [6.07, 6.45) is 3.53. The Morgan fingerprint density at radius 2 is 2.04 bits per heavy atom. The van der Waals surface area contributed by atoms with Crippen LogP contribution in [-0.4, -0.2) is 11.4 Å². The van der Waals surface area contributed by atoms with Crippen LogP contribution >= 0.6 is 0 Å². The Labute approximate surface area is 144 Å². The van der Waals surface area contributed by atoms with Gasteiger partial charge in [-0.15, -0.1) is 0 Å². The summed E-state index contributed by atoms with van der Waals surface area (Å²) in [5, 5.41) is 2.58. The largest absolute Gasteiger partial charge is 0.489 e. The van der Waals surface area contributed by atoms with E-state index in [1.54, 1.807) is 19.2 Å². The molecule has 0 bridgehead atoms. The first-order valence-corrected chi connectivity index (χ1v) is 7.96. The van der Waals surface area contributed by atoms with E-state index in [-0.39, 0.29) is 5.63 Å². The van der Waals surface area contributed by atoms with Gasteiger partial charge in [0.15, 0.2) is 0 Å². The third kappa shape index (κ3) is 3.04. The SMILES string of the molecule is Cc1[nH]oc(=O)c1/C=C1\C=Nc2ccc(OCc3ccccc3)cc21. The molecular formula is C20H16N2O3. The fourth-order valence-electron chi connectivity index (χ4n) is 2.72. The predicted molar refractivity (Wildman–Crippen MR) is 97.3 cm³/mol. The van der Waals surface area contributed by atoms with Crippen LogP contribution in [0.25, 0.3) is 11.6 Å². The quantitative estimate of drug-likeness (QED) is 0.782. The molecule has 124 valence electrons. The first-order chi connectivity index (χ1) is 12.2. The average molecular weight is 332 g/mol. The number of nitrogens with one attached hydrogen (secondary N) is 1. The highest BCUT2D eigenvalue weighted by Crippen LogP contribution is 2.35. The van der Waals surface area contributed by atoms with Crippen molar-refractivity contribution in [3.63, 3.8) is 0 Å². The maximum Gasteiger partial charge on any atom is 0.364 e. The van der Waals surface area contributed by atoms with Crippen LogP contribution in [0.1, 0.15) is 22.4 Å². The first kappa shape index (κ1) is 15.2. The molecule has 0 spiro atoms. The number of rotatable bonds is 4. The van der Waals surface area contributed by atoms with E-state index in [2.05, 4.69) is 10.1 Å². The lowest BCUT2D eigenvalue weighted by molar-refractivity contribution is 0.306. The van der Waals surface area contributed by atoms with Crippen molar-refractivity contribution in [2.75, 3.05) is 0 Å². The van der Waals surface area contributed by atoms with E-state index in [0.29, 0.717) is 17.9 Å². The minimum Gasteiger partial charge on any atom is -0.489 e. The highest BCUT2D eigenvalue weighted by molar-refractivity contribution is 6.21. The first-order valence-electron chi connectivity index (χ1n) is 7.96. The van der Waals surface area contributed by atoms with Gasteiger partial charge in [-0.3, -0.25) is 4.99 Å². The summed E-state index contributed by atoms with van der Waals surface area (Å²) < 4.78 is 10.7. The normalized spacial score (nSPS) is 14.0. The number of benzene rings is 2. The van der Waals surface area contributed by atoms with Crippen LogP contribution in [0.2, 0.25) is 0 Å². The van der Waals surface area contributed by atoms with Gasteiger partial charge in [0.25, 0.3) is 0 Å². The molecule has 5 nitrogen and oxygen atoms in total. The van der Waals surface area contributed by atoms with E-state index in [1.807, 2.05) is 48.5 Å². The summed E-state index contributed by atoms with van der Waals surface area (Å²) in [7, 11) is 0. The van der Waals surface area contributed by atoms with Gasteiger partial charge in [0, 0.05) is 17.4 Å². The molecule has 1 N–H and O–H groups in total. The molecule has 1 aliphatic heterocycles. The number of H-pyrrole nitrogens is 1. The molecule has 0 unspecified atom stereocenters. The lowest BCUT2D eigenvalue weighted by Crippen LogP contribution is -1.98. The third-order valence-corrected chi connectivity index (χ3v) is 4.09. The number of allylic oxidation sites excluding steroid dienone is 1. The van der Waals surface area contributed by atoms with E-state index >= 15 is 0 Å². The molecule has 1 aliphatic rings. The number of aliphatic imine (C=N–C) groups is 1. The number of aromatic amines is 1. The highest BCUT2D eigenvalue weighted by Gasteiger charge is 2.15. The third-order valence-electron chi connectivity index (χ3n) is 4.09. The van der Waals surface area contributed by atoms with Gasteiger partial charge >= 0.3 is 5.63 Å². The highest BCUT2D eigenvalue weighted by atomic mass is 16.5. The van der Waals surface area contributed by atoms with Crippen LogP contribution < -0.4 is 10.4 Å². The molecule has 25 heavy (non-hydrogen) atoms. The maximum absolute atomic E-state index is 11.8. The van der Waals surface area contributed by atoms with Gasteiger partial charge in [-0.1, -0.05) is 30.3 Å². The fraction of sp³-hybridized carbons (Fsp3) is 0.100. The van der Waals surface area contributed by atoms with E-state index in [0.717, 1.165) is 28.1 Å². The molecule has 0 fully saturated rings. The molecule has 1 aromatic heterocycles. The Morgan fingerprint density at radius 1 is 1.20 bits per heavy atom. The second-order valence-corrected chi connectivity index (χ2v) is 5.84. The second kappa shape index (κ2) is 6.28. The number of aromatic nitrogens is 1. The monoisotopic (exact) mass is 332 g/mol. The molecule has 2 aromatic carbocycles. The van der Waals surface area contributed by atoms with Crippen molar-refractivity contribution in [3.05, 3.63) is 81.3 Å². The van der Waals surface area contributed by atoms with E-state index in [9.17, 15) is 4.79 Å². The second-order valence-electron chi connectivity index (χ2n) is 5.84. The molecular weight excluding hydrogens is 316 g/mol. The van der Waals surface area contributed by atoms with Gasteiger partial charge in [0.05, 0.1) is 16.9 Å². The summed E-state index contributed by atoms with van der Waals surface area (Å²) in [5.74, 6) is 0.761. The van der Waals surface area contributed by atoms with Gasteiger partial charge in [-0.05, 0) is 36.8 Å². The molecule has 0 saturated carbocycles. The summed E-state index contributed by atoms with van der Waals surface area (Å²) in [4.78, 5) is 16.1. The zero-order chi connectivity index (χ0) is 17.2. The van der Waals surface area contributed by atoms with Crippen molar-refractivity contribution in [1.82, 2.24) is 5.16 Å². The standard InChI is InChI=1S/C20H16N2O3/c1-13-17(20(23)25-22-13)9-15-11-21-19-8-7-16(10-18(15)19)24-12-14-5-3-2-4-6-14/h2-11,22H,12H2,1H3/b15-9+. The minimum absolute atomic E-state index is 0.386. The number of hydrogen-bond donors (Lipinski definition) is 1. The van der Waals surface area contributed by atoms with Crippen molar-refractivity contribution in [2.24, 2.45) is 4.99 Å². The van der Waals surface area contributed by atoms with Crippen molar-refractivity contribution in [2.45, 2.75) is 13.5 Å². The van der Waals surface area contributed by atoms with E-state index in [1.165, 1.54) is 0 Å². The zero-order valence-corrected chi connectivity index (χ0v) is 13.7. The molecule has 0 radical (unpaired) electrons. The van der Waals surface area contributed by atoms with E-state index < -0.39 is 0 Å². The van der Waals surface area contributed by atoms with Gasteiger partial charge < -0.3 is 9.26 Å². The molecule has 3 aromatic rings. The van der Waals surface area contributed by atoms with Gasteiger partial charge in [0.2, 0.25) is 0 Å². The Balaban J connectivity index is 1.61. The predicted octanol–water partition coefficient (Wildman–Crippen LogP) is 4.11.